The summed E-state index contributed by atoms with van der Waals surface area (Å²) < 4.78 is 27.0. The molecular weight excluding hydrogens is 288 g/mol. The van der Waals surface area contributed by atoms with Crippen LogP contribution in [0.15, 0.2) is 35.5 Å². The van der Waals surface area contributed by atoms with Crippen molar-refractivity contribution in [2.75, 3.05) is 5.73 Å². The van der Waals surface area contributed by atoms with Crippen molar-refractivity contribution in [2.24, 2.45) is 0 Å². The minimum absolute atomic E-state index is 0.0375. The number of sulfonamides is 1. The summed E-state index contributed by atoms with van der Waals surface area (Å²) in [6.07, 6.45) is 3.17. The average Bonchev–Trinajstić information content (AvgIpc) is 2.85. The normalized spacial score (nSPS) is 13.4. The van der Waals surface area contributed by atoms with Gasteiger partial charge in [-0.05, 0) is 25.1 Å². The number of nitrogens with one attached hydrogen (secondary N) is 2. The van der Waals surface area contributed by atoms with Gasteiger partial charge >= 0.3 is 0 Å². The predicted molar refractivity (Wildman–Crippen MR) is 73.2 cm³/mol. The van der Waals surface area contributed by atoms with Crippen molar-refractivity contribution in [2.45, 2.75) is 17.9 Å². The number of benzene rings is 1. The Balaban J connectivity index is 2.30. The number of nitrogens with zero attached hydrogens (tertiary/aromatic N) is 1. The molecule has 6 nitrogen and oxygen atoms in total. The van der Waals surface area contributed by atoms with Crippen LogP contribution < -0.4 is 10.5 Å². The molecule has 19 heavy (non-hydrogen) atoms. The third-order valence-electron chi connectivity index (χ3n) is 2.60. The van der Waals surface area contributed by atoms with Gasteiger partial charge in [-0.2, -0.15) is 5.10 Å². The molecule has 1 atom stereocenters. The van der Waals surface area contributed by atoms with Gasteiger partial charge in [0.05, 0.1) is 11.2 Å². The molecule has 1 heterocycles. The van der Waals surface area contributed by atoms with E-state index < -0.39 is 16.1 Å². The molecule has 0 saturated heterocycles. The molecule has 2 aromatic rings. The van der Waals surface area contributed by atoms with Gasteiger partial charge in [-0.1, -0.05) is 11.6 Å². The summed E-state index contributed by atoms with van der Waals surface area (Å²) in [5, 5.41) is 6.52. The number of halogens is 1. The lowest BCUT2D eigenvalue weighted by Crippen LogP contribution is -2.27. The van der Waals surface area contributed by atoms with Gasteiger partial charge in [0.1, 0.15) is 4.90 Å². The third-order valence-corrected chi connectivity index (χ3v) is 4.62. The largest absolute Gasteiger partial charge is 0.399 e. The first kappa shape index (κ1) is 13.9. The van der Waals surface area contributed by atoms with Crippen molar-refractivity contribution < 1.29 is 8.42 Å². The molecule has 8 heteroatoms. The van der Waals surface area contributed by atoms with Gasteiger partial charge in [-0.25, -0.2) is 13.1 Å². The zero-order valence-corrected chi connectivity index (χ0v) is 11.7. The van der Waals surface area contributed by atoms with Crippen LogP contribution in [0.2, 0.25) is 5.02 Å². The second kappa shape index (κ2) is 5.20. The minimum atomic E-state index is -3.74. The van der Waals surface area contributed by atoms with E-state index in [1.54, 1.807) is 25.4 Å². The Morgan fingerprint density at radius 3 is 2.84 bits per heavy atom. The number of aromatic amines is 1. The maximum absolute atomic E-state index is 12.2. The van der Waals surface area contributed by atoms with E-state index in [2.05, 4.69) is 14.9 Å². The van der Waals surface area contributed by atoms with Gasteiger partial charge in [0.2, 0.25) is 10.0 Å². The number of nitrogen functional groups attached to an aromatic ring is 1. The number of aromatic nitrogens is 2. The van der Waals surface area contributed by atoms with Crippen LogP contribution in [0.3, 0.4) is 0 Å². The van der Waals surface area contributed by atoms with Crippen molar-refractivity contribution in [1.29, 1.82) is 0 Å². The Hall–Kier alpha value is -1.57. The molecule has 4 N–H and O–H groups in total. The van der Waals surface area contributed by atoms with E-state index in [1.165, 1.54) is 12.1 Å². The second-order valence-electron chi connectivity index (χ2n) is 4.06. The van der Waals surface area contributed by atoms with Crippen molar-refractivity contribution in [3.05, 3.63) is 41.2 Å². The molecule has 0 radical (unpaired) electrons. The van der Waals surface area contributed by atoms with Gasteiger partial charge < -0.3 is 5.73 Å². The van der Waals surface area contributed by atoms with E-state index in [-0.39, 0.29) is 9.92 Å². The quantitative estimate of drug-likeness (QED) is 0.748. The van der Waals surface area contributed by atoms with Crippen LogP contribution in [0, 0.1) is 0 Å². The maximum atomic E-state index is 12.2. The Bertz CT molecular complexity index is 670. The maximum Gasteiger partial charge on any atom is 0.242 e. The summed E-state index contributed by atoms with van der Waals surface area (Å²) >= 11 is 5.90. The highest BCUT2D eigenvalue weighted by molar-refractivity contribution is 7.89. The molecule has 1 unspecified atom stereocenters. The molecule has 0 saturated carbocycles. The lowest BCUT2D eigenvalue weighted by molar-refractivity contribution is 0.567. The zero-order chi connectivity index (χ0) is 14.0. The number of rotatable bonds is 4. The number of hydrogen-bond acceptors (Lipinski definition) is 4. The van der Waals surface area contributed by atoms with Crippen LogP contribution in [-0.4, -0.2) is 18.6 Å². The summed E-state index contributed by atoms with van der Waals surface area (Å²) in [5.41, 5.74) is 6.64. The van der Waals surface area contributed by atoms with Gasteiger partial charge in [0.15, 0.2) is 0 Å². The van der Waals surface area contributed by atoms with Crippen molar-refractivity contribution in [3.63, 3.8) is 0 Å². The molecule has 0 fully saturated rings. The highest BCUT2D eigenvalue weighted by Gasteiger charge is 2.21. The molecule has 102 valence electrons. The van der Waals surface area contributed by atoms with Crippen LogP contribution >= 0.6 is 11.6 Å². The molecule has 0 spiro atoms. The molecule has 2 rings (SSSR count). The van der Waals surface area contributed by atoms with E-state index in [0.29, 0.717) is 5.69 Å². The van der Waals surface area contributed by atoms with Crippen LogP contribution in [0.25, 0.3) is 0 Å². The van der Waals surface area contributed by atoms with E-state index in [0.717, 1.165) is 5.56 Å². The highest BCUT2D eigenvalue weighted by Crippen LogP contribution is 2.25. The Kier molecular flexibility index (Phi) is 3.79. The first-order valence-corrected chi connectivity index (χ1v) is 7.32. The topological polar surface area (TPSA) is 101 Å². The zero-order valence-electron chi connectivity index (χ0n) is 10.1. The standard InChI is InChI=1S/C11H13ClN4O2S/c1-7(8-5-14-15-6-8)16-19(17,18)11-4-9(13)2-3-10(11)12/h2-7,16H,13H2,1H3,(H,14,15). The minimum Gasteiger partial charge on any atom is -0.399 e. The molecular formula is C11H13ClN4O2S. The van der Waals surface area contributed by atoms with Crippen LogP contribution in [0.1, 0.15) is 18.5 Å². The monoisotopic (exact) mass is 300 g/mol. The highest BCUT2D eigenvalue weighted by atomic mass is 35.5. The molecule has 0 aliphatic rings. The van der Waals surface area contributed by atoms with Gasteiger partial charge in [-0.15, -0.1) is 0 Å². The Morgan fingerprint density at radius 1 is 1.47 bits per heavy atom. The molecule has 0 aliphatic carbocycles. The summed E-state index contributed by atoms with van der Waals surface area (Å²) in [6.45, 7) is 1.71. The lowest BCUT2D eigenvalue weighted by Gasteiger charge is -2.13. The van der Waals surface area contributed by atoms with Crippen LogP contribution in [-0.2, 0) is 10.0 Å². The van der Waals surface area contributed by atoms with Gasteiger partial charge in [-0.3, -0.25) is 5.10 Å². The Labute approximate surface area is 116 Å². The van der Waals surface area contributed by atoms with Crippen LogP contribution in [0.5, 0.6) is 0 Å². The van der Waals surface area contributed by atoms with E-state index in [4.69, 9.17) is 17.3 Å². The first-order valence-electron chi connectivity index (χ1n) is 5.46. The third kappa shape index (κ3) is 3.06. The summed E-state index contributed by atoms with van der Waals surface area (Å²) in [6, 6.07) is 3.89. The second-order valence-corrected chi connectivity index (χ2v) is 6.15. The van der Waals surface area contributed by atoms with Gasteiger partial charge in [0, 0.05) is 23.5 Å². The smallest absolute Gasteiger partial charge is 0.242 e. The van der Waals surface area contributed by atoms with E-state index >= 15 is 0 Å². The molecule has 0 aliphatic heterocycles. The predicted octanol–water partition coefficient (Wildman–Crippen LogP) is 1.68. The van der Waals surface area contributed by atoms with Crippen molar-refractivity contribution >= 4 is 27.3 Å². The lowest BCUT2D eigenvalue weighted by atomic mass is 10.2. The molecule has 1 aromatic heterocycles. The average molecular weight is 301 g/mol. The van der Waals surface area contributed by atoms with E-state index in [1.807, 2.05) is 0 Å². The number of H-pyrrole nitrogens is 1. The number of anilines is 1. The molecule has 0 bridgehead atoms. The van der Waals surface area contributed by atoms with E-state index in [9.17, 15) is 8.42 Å². The van der Waals surface area contributed by atoms with Crippen molar-refractivity contribution in [3.8, 4) is 0 Å². The Morgan fingerprint density at radius 2 is 2.21 bits per heavy atom. The fraction of sp³-hybridized carbons (Fsp3) is 0.182. The fourth-order valence-corrected chi connectivity index (χ4v) is 3.35. The number of hydrogen-bond donors (Lipinski definition) is 3. The fourth-order valence-electron chi connectivity index (χ4n) is 1.59. The summed E-state index contributed by atoms with van der Waals surface area (Å²) in [4.78, 5) is -0.0375. The SMILES string of the molecule is CC(NS(=O)(=O)c1cc(N)ccc1Cl)c1cn[nH]c1. The first-order chi connectivity index (χ1) is 8.90. The summed E-state index contributed by atoms with van der Waals surface area (Å²) in [5.74, 6) is 0. The molecule has 1 aromatic carbocycles. The number of nitrogens with two attached hydrogens (primary N) is 1. The summed E-state index contributed by atoms with van der Waals surface area (Å²) in [7, 11) is -3.74. The van der Waals surface area contributed by atoms with Crippen LogP contribution in [0.4, 0.5) is 5.69 Å². The van der Waals surface area contributed by atoms with Gasteiger partial charge in [0.25, 0.3) is 0 Å². The van der Waals surface area contributed by atoms with Crippen molar-refractivity contribution in [1.82, 2.24) is 14.9 Å². The molecule has 0 amide bonds.